The molecule has 6 nitrogen and oxygen atoms in total. The van der Waals surface area contributed by atoms with Crippen LogP contribution in [0.1, 0.15) is 21.5 Å². The average molecular weight is 459 g/mol. The monoisotopic (exact) mass is 458 g/mol. The molecule has 0 aromatic heterocycles. The molecule has 0 spiro atoms. The molecule has 162 valence electrons. The number of rotatable bonds is 8. The Balaban J connectivity index is 1.69. The summed E-state index contributed by atoms with van der Waals surface area (Å²) >= 11 is 6.14. The number of ether oxygens (including phenoxy) is 1. The van der Waals surface area contributed by atoms with Crippen LogP contribution in [0.3, 0.4) is 0 Å². The molecule has 3 aromatic carbocycles. The topological polar surface area (TPSA) is 84.5 Å². The maximum Gasteiger partial charge on any atom is 0.263 e. The number of halogens is 1. The van der Waals surface area contributed by atoms with Gasteiger partial charge < -0.3 is 10.1 Å². The second-order valence-corrected chi connectivity index (χ2v) is 9.04. The number of sulfonamides is 1. The van der Waals surface area contributed by atoms with Crippen LogP contribution in [0.2, 0.25) is 5.02 Å². The Morgan fingerprint density at radius 1 is 1.00 bits per heavy atom. The van der Waals surface area contributed by atoms with E-state index in [1.807, 2.05) is 56.3 Å². The van der Waals surface area contributed by atoms with E-state index in [0.29, 0.717) is 11.4 Å². The molecule has 1 amide bonds. The lowest BCUT2D eigenvalue weighted by Crippen LogP contribution is -2.28. The predicted molar refractivity (Wildman–Crippen MR) is 122 cm³/mol. The number of carbonyl (C=O) groups is 1. The molecule has 31 heavy (non-hydrogen) atoms. The molecule has 0 radical (unpaired) electrons. The smallest absolute Gasteiger partial charge is 0.263 e. The van der Waals surface area contributed by atoms with Crippen LogP contribution in [-0.2, 0) is 10.0 Å². The maximum atomic E-state index is 12.9. The molecule has 8 heteroatoms. The summed E-state index contributed by atoms with van der Waals surface area (Å²) in [5.74, 6) is 0.283. The van der Waals surface area contributed by atoms with Crippen molar-refractivity contribution in [2.24, 2.45) is 0 Å². The summed E-state index contributed by atoms with van der Waals surface area (Å²) in [5, 5.41) is 2.74. The molecule has 0 heterocycles. The van der Waals surface area contributed by atoms with Crippen LogP contribution >= 0.6 is 11.6 Å². The largest absolute Gasteiger partial charge is 0.492 e. The zero-order valence-electron chi connectivity index (χ0n) is 17.2. The molecule has 2 N–H and O–H groups in total. The van der Waals surface area contributed by atoms with Gasteiger partial charge in [0.2, 0.25) is 0 Å². The van der Waals surface area contributed by atoms with Crippen molar-refractivity contribution in [3.8, 4) is 5.75 Å². The number of anilines is 1. The minimum absolute atomic E-state index is 0.0289. The number of nitrogens with one attached hydrogen (secondary N) is 2. The minimum Gasteiger partial charge on any atom is -0.492 e. The summed E-state index contributed by atoms with van der Waals surface area (Å²) in [7, 11) is -3.98. The first-order valence-electron chi connectivity index (χ1n) is 9.62. The highest BCUT2D eigenvalue weighted by Gasteiger charge is 2.21. The highest BCUT2D eigenvalue weighted by molar-refractivity contribution is 7.92. The van der Waals surface area contributed by atoms with Crippen LogP contribution in [0, 0.1) is 13.8 Å². The first-order valence-corrected chi connectivity index (χ1v) is 11.5. The summed E-state index contributed by atoms with van der Waals surface area (Å²) in [4.78, 5) is 12.3. The summed E-state index contributed by atoms with van der Waals surface area (Å²) in [5.41, 5.74) is 2.44. The van der Waals surface area contributed by atoms with Gasteiger partial charge in [-0.25, -0.2) is 8.42 Å². The quantitative estimate of drug-likeness (QED) is 0.484. The van der Waals surface area contributed by atoms with E-state index in [0.717, 1.165) is 11.1 Å². The number of hydrogen-bond acceptors (Lipinski definition) is 4. The van der Waals surface area contributed by atoms with E-state index in [1.165, 1.54) is 18.2 Å². The van der Waals surface area contributed by atoms with Gasteiger partial charge in [0.25, 0.3) is 15.9 Å². The molecule has 0 aliphatic rings. The van der Waals surface area contributed by atoms with Crippen molar-refractivity contribution in [3.63, 3.8) is 0 Å². The number of amides is 1. The number of para-hydroxylation sites is 1. The lowest BCUT2D eigenvalue weighted by atomic mass is 10.1. The van der Waals surface area contributed by atoms with E-state index < -0.39 is 15.9 Å². The number of benzene rings is 3. The molecule has 0 unspecified atom stereocenters. The van der Waals surface area contributed by atoms with Gasteiger partial charge in [0.05, 0.1) is 17.3 Å². The van der Waals surface area contributed by atoms with Crippen molar-refractivity contribution >= 4 is 33.2 Å². The van der Waals surface area contributed by atoms with Gasteiger partial charge in [-0.15, -0.1) is 0 Å². The van der Waals surface area contributed by atoms with Crippen LogP contribution in [0.25, 0.3) is 0 Å². The van der Waals surface area contributed by atoms with Gasteiger partial charge >= 0.3 is 0 Å². The molecule has 0 aliphatic carbocycles. The second-order valence-electron chi connectivity index (χ2n) is 6.99. The number of carbonyl (C=O) groups excluding carboxylic acids is 1. The maximum absolute atomic E-state index is 12.9. The molecule has 0 saturated carbocycles. The van der Waals surface area contributed by atoms with Gasteiger partial charge in [-0.1, -0.05) is 47.5 Å². The lowest BCUT2D eigenvalue weighted by molar-refractivity contribution is 0.0947. The fourth-order valence-corrected chi connectivity index (χ4v) is 4.59. The molecule has 0 aliphatic heterocycles. The zero-order valence-corrected chi connectivity index (χ0v) is 18.8. The van der Waals surface area contributed by atoms with Crippen LogP contribution < -0.4 is 14.8 Å². The molecular formula is C23H23ClN2O4S. The molecular weight excluding hydrogens is 436 g/mol. The Morgan fingerprint density at radius 3 is 2.45 bits per heavy atom. The van der Waals surface area contributed by atoms with Crippen molar-refractivity contribution in [1.29, 1.82) is 0 Å². The number of aryl methyl sites for hydroxylation is 2. The normalized spacial score (nSPS) is 11.1. The SMILES string of the molecule is Cc1ccc(NS(=O)(=O)c2cc(C(=O)NCCOc3ccccc3)ccc2Cl)c(C)c1. The third-order valence-electron chi connectivity index (χ3n) is 4.51. The van der Waals surface area contributed by atoms with E-state index in [4.69, 9.17) is 16.3 Å². The van der Waals surface area contributed by atoms with E-state index in [9.17, 15) is 13.2 Å². The Morgan fingerprint density at radius 2 is 1.74 bits per heavy atom. The Hall–Kier alpha value is -3.03. The van der Waals surface area contributed by atoms with Crippen molar-refractivity contribution in [2.75, 3.05) is 17.9 Å². The number of hydrogen-bond donors (Lipinski definition) is 2. The van der Waals surface area contributed by atoms with Crippen LogP contribution in [0.15, 0.2) is 71.6 Å². The molecule has 3 aromatic rings. The molecule has 0 atom stereocenters. The summed E-state index contributed by atoms with van der Waals surface area (Å²) in [6, 6.07) is 18.8. The fraction of sp³-hybridized carbons (Fsp3) is 0.174. The van der Waals surface area contributed by atoms with Crippen LogP contribution in [-0.4, -0.2) is 27.5 Å². The van der Waals surface area contributed by atoms with Crippen LogP contribution in [0.4, 0.5) is 5.69 Å². The Kier molecular flexibility index (Phi) is 7.20. The molecule has 0 fully saturated rings. The first-order chi connectivity index (χ1) is 14.8. The van der Waals surface area contributed by atoms with E-state index in [1.54, 1.807) is 6.07 Å². The molecule has 3 rings (SSSR count). The highest BCUT2D eigenvalue weighted by atomic mass is 35.5. The van der Waals surface area contributed by atoms with Crippen LogP contribution in [0.5, 0.6) is 5.75 Å². The third kappa shape index (κ3) is 5.99. The third-order valence-corrected chi connectivity index (χ3v) is 6.36. The van der Waals surface area contributed by atoms with Crippen molar-refractivity contribution in [2.45, 2.75) is 18.7 Å². The molecule has 0 bridgehead atoms. The van der Waals surface area contributed by atoms with E-state index in [2.05, 4.69) is 10.0 Å². The highest BCUT2D eigenvalue weighted by Crippen LogP contribution is 2.26. The first kappa shape index (κ1) is 22.7. The average Bonchev–Trinajstić information content (AvgIpc) is 2.74. The van der Waals surface area contributed by atoms with Crippen molar-refractivity contribution in [3.05, 3.63) is 88.4 Å². The summed E-state index contributed by atoms with van der Waals surface area (Å²) in [6.07, 6.45) is 0. The predicted octanol–water partition coefficient (Wildman–Crippen LogP) is 4.57. The summed E-state index contributed by atoms with van der Waals surface area (Å²) < 4.78 is 33.9. The van der Waals surface area contributed by atoms with Gasteiger partial charge in [-0.05, 0) is 55.8 Å². The fourth-order valence-electron chi connectivity index (χ4n) is 2.93. The lowest BCUT2D eigenvalue weighted by Gasteiger charge is -2.13. The standard InChI is InChI=1S/C23H23ClN2O4S/c1-16-8-11-21(17(2)14-16)26-31(28,29)22-15-18(9-10-20(22)24)23(27)25-12-13-30-19-6-4-3-5-7-19/h3-11,14-15,26H,12-13H2,1-2H3,(H,25,27). The Bertz CT molecular complexity index is 1180. The van der Waals surface area contributed by atoms with Crippen molar-refractivity contribution in [1.82, 2.24) is 5.32 Å². The van der Waals surface area contributed by atoms with Gasteiger partial charge in [0.15, 0.2) is 0 Å². The van der Waals surface area contributed by atoms with Gasteiger partial charge in [-0.2, -0.15) is 0 Å². The summed E-state index contributed by atoms with van der Waals surface area (Å²) in [6.45, 7) is 4.28. The van der Waals surface area contributed by atoms with E-state index >= 15 is 0 Å². The second kappa shape index (κ2) is 9.85. The van der Waals surface area contributed by atoms with Crippen molar-refractivity contribution < 1.29 is 17.9 Å². The molecule has 0 saturated heterocycles. The Labute approximate surface area is 187 Å². The zero-order chi connectivity index (χ0) is 22.4. The van der Waals surface area contributed by atoms with E-state index in [-0.39, 0.29) is 28.6 Å². The van der Waals surface area contributed by atoms with Gasteiger partial charge in [0, 0.05) is 5.56 Å². The van der Waals surface area contributed by atoms with Gasteiger partial charge in [0.1, 0.15) is 17.3 Å². The van der Waals surface area contributed by atoms with Gasteiger partial charge in [-0.3, -0.25) is 9.52 Å². The minimum atomic E-state index is -3.98.